The third-order valence-electron chi connectivity index (χ3n) is 2.20. The van der Waals surface area contributed by atoms with Gasteiger partial charge in [-0.15, -0.1) is 12.4 Å². The first kappa shape index (κ1) is 16.7. The number of benzene rings is 1. The van der Waals surface area contributed by atoms with Crippen molar-refractivity contribution in [2.24, 2.45) is 5.73 Å². The smallest absolute Gasteiger partial charge is 0.250 e. The van der Waals surface area contributed by atoms with Crippen molar-refractivity contribution in [2.75, 3.05) is 26.8 Å². The van der Waals surface area contributed by atoms with E-state index >= 15 is 0 Å². The highest BCUT2D eigenvalue weighted by Gasteiger charge is 2.14. The predicted molar refractivity (Wildman–Crippen MR) is 72.0 cm³/mol. The Labute approximate surface area is 113 Å². The van der Waals surface area contributed by atoms with Crippen LogP contribution in [0, 0.1) is 0 Å². The van der Waals surface area contributed by atoms with E-state index in [9.17, 15) is 4.79 Å². The molecule has 5 nitrogen and oxygen atoms in total. The minimum absolute atomic E-state index is 0. The summed E-state index contributed by atoms with van der Waals surface area (Å²) in [6, 6.07) is 9.42. The summed E-state index contributed by atoms with van der Waals surface area (Å²) in [5.41, 5.74) is 5.36. The van der Waals surface area contributed by atoms with Crippen LogP contribution in [0.3, 0.4) is 0 Å². The van der Waals surface area contributed by atoms with Crippen LogP contribution in [-0.2, 0) is 9.53 Å². The molecular weight excluding hydrogens is 256 g/mol. The Morgan fingerprint density at radius 3 is 2.61 bits per heavy atom. The number of rotatable bonds is 7. The standard InChI is InChI=1S/C12H18N2O3.ClH/c1-16-11(9-13)12(15)14-7-8-17-10-5-3-2-4-6-10;/h2-6,11H,7-9,13H2,1H3,(H,14,15);1H. The van der Waals surface area contributed by atoms with Gasteiger partial charge in [0.25, 0.3) is 5.91 Å². The van der Waals surface area contributed by atoms with Crippen LogP contribution in [0.15, 0.2) is 30.3 Å². The highest BCUT2D eigenvalue weighted by molar-refractivity contribution is 5.85. The molecule has 0 aliphatic carbocycles. The summed E-state index contributed by atoms with van der Waals surface area (Å²) in [7, 11) is 1.46. The van der Waals surface area contributed by atoms with Crippen molar-refractivity contribution in [2.45, 2.75) is 6.10 Å². The van der Waals surface area contributed by atoms with Crippen LogP contribution in [-0.4, -0.2) is 38.8 Å². The lowest BCUT2D eigenvalue weighted by Crippen LogP contribution is -2.41. The molecule has 1 rings (SSSR count). The molecule has 0 bridgehead atoms. The Morgan fingerprint density at radius 1 is 1.39 bits per heavy atom. The molecule has 1 aromatic rings. The zero-order valence-corrected chi connectivity index (χ0v) is 11.1. The Morgan fingerprint density at radius 2 is 2.06 bits per heavy atom. The van der Waals surface area contributed by atoms with Crippen molar-refractivity contribution in [3.63, 3.8) is 0 Å². The first-order valence-corrected chi connectivity index (χ1v) is 5.46. The summed E-state index contributed by atoms with van der Waals surface area (Å²) in [5.74, 6) is 0.565. The van der Waals surface area contributed by atoms with Crippen LogP contribution >= 0.6 is 12.4 Å². The van der Waals surface area contributed by atoms with Gasteiger partial charge < -0.3 is 20.5 Å². The van der Waals surface area contributed by atoms with E-state index in [-0.39, 0.29) is 24.9 Å². The maximum Gasteiger partial charge on any atom is 0.250 e. The van der Waals surface area contributed by atoms with Crippen molar-refractivity contribution in [3.8, 4) is 5.75 Å². The van der Waals surface area contributed by atoms with Crippen LogP contribution in [0.2, 0.25) is 0 Å². The number of amides is 1. The second-order valence-electron chi connectivity index (χ2n) is 3.41. The molecule has 0 heterocycles. The van der Waals surface area contributed by atoms with E-state index < -0.39 is 6.10 Å². The summed E-state index contributed by atoms with van der Waals surface area (Å²) >= 11 is 0. The quantitative estimate of drug-likeness (QED) is 0.713. The second-order valence-corrected chi connectivity index (χ2v) is 3.41. The van der Waals surface area contributed by atoms with Gasteiger partial charge >= 0.3 is 0 Å². The Hall–Kier alpha value is -1.30. The zero-order valence-electron chi connectivity index (χ0n) is 10.3. The van der Waals surface area contributed by atoms with Gasteiger partial charge in [-0.25, -0.2) is 0 Å². The van der Waals surface area contributed by atoms with E-state index in [0.29, 0.717) is 13.2 Å². The zero-order chi connectivity index (χ0) is 12.5. The van der Waals surface area contributed by atoms with Crippen molar-refractivity contribution < 1.29 is 14.3 Å². The fourth-order valence-electron chi connectivity index (χ4n) is 1.28. The number of hydrogen-bond donors (Lipinski definition) is 2. The SMILES string of the molecule is COC(CN)C(=O)NCCOc1ccccc1.Cl. The molecule has 1 atom stereocenters. The molecule has 1 aromatic carbocycles. The van der Waals surface area contributed by atoms with E-state index in [1.54, 1.807) is 0 Å². The highest BCUT2D eigenvalue weighted by atomic mass is 35.5. The van der Waals surface area contributed by atoms with Crippen LogP contribution in [0.1, 0.15) is 0 Å². The minimum Gasteiger partial charge on any atom is -0.492 e. The van der Waals surface area contributed by atoms with E-state index in [0.717, 1.165) is 5.75 Å². The molecular formula is C12H19ClN2O3. The Balaban J connectivity index is 0.00000289. The maximum atomic E-state index is 11.4. The number of para-hydroxylation sites is 1. The molecule has 0 aromatic heterocycles. The van der Waals surface area contributed by atoms with Gasteiger partial charge in [-0.1, -0.05) is 18.2 Å². The van der Waals surface area contributed by atoms with Crippen molar-refractivity contribution in [1.82, 2.24) is 5.32 Å². The molecule has 3 N–H and O–H groups in total. The topological polar surface area (TPSA) is 73.6 Å². The summed E-state index contributed by atoms with van der Waals surface area (Å²) < 4.78 is 10.3. The Kier molecular flexibility index (Phi) is 9.00. The molecule has 0 aliphatic rings. The lowest BCUT2D eigenvalue weighted by molar-refractivity contribution is -0.130. The summed E-state index contributed by atoms with van der Waals surface area (Å²) in [6.45, 7) is 1.01. The van der Waals surface area contributed by atoms with Crippen molar-refractivity contribution >= 4 is 18.3 Å². The van der Waals surface area contributed by atoms with Crippen LogP contribution in [0.5, 0.6) is 5.75 Å². The number of hydrogen-bond acceptors (Lipinski definition) is 4. The molecule has 0 saturated carbocycles. The summed E-state index contributed by atoms with van der Waals surface area (Å²) in [4.78, 5) is 11.4. The number of nitrogens with two attached hydrogens (primary N) is 1. The Bertz CT molecular complexity index is 331. The molecule has 0 saturated heterocycles. The lowest BCUT2D eigenvalue weighted by Gasteiger charge is -2.13. The van der Waals surface area contributed by atoms with Gasteiger partial charge in [0.15, 0.2) is 0 Å². The van der Waals surface area contributed by atoms with Crippen LogP contribution in [0.4, 0.5) is 0 Å². The lowest BCUT2D eigenvalue weighted by atomic mass is 10.3. The first-order valence-electron chi connectivity index (χ1n) is 5.46. The number of nitrogens with one attached hydrogen (secondary N) is 1. The highest BCUT2D eigenvalue weighted by Crippen LogP contribution is 2.07. The van der Waals surface area contributed by atoms with Gasteiger partial charge in [0, 0.05) is 13.7 Å². The normalized spacial score (nSPS) is 11.2. The van der Waals surface area contributed by atoms with Gasteiger partial charge in [0.2, 0.25) is 0 Å². The molecule has 0 radical (unpaired) electrons. The molecule has 1 amide bonds. The molecule has 102 valence electrons. The molecule has 0 fully saturated rings. The number of ether oxygens (including phenoxy) is 2. The van der Waals surface area contributed by atoms with Crippen molar-refractivity contribution in [3.05, 3.63) is 30.3 Å². The van der Waals surface area contributed by atoms with E-state index in [1.807, 2.05) is 30.3 Å². The third-order valence-corrected chi connectivity index (χ3v) is 2.20. The number of methoxy groups -OCH3 is 1. The largest absolute Gasteiger partial charge is 0.492 e. The van der Waals surface area contributed by atoms with Gasteiger partial charge in [-0.05, 0) is 12.1 Å². The fourth-order valence-corrected chi connectivity index (χ4v) is 1.28. The van der Waals surface area contributed by atoms with E-state index in [2.05, 4.69) is 5.32 Å². The van der Waals surface area contributed by atoms with Crippen LogP contribution < -0.4 is 15.8 Å². The maximum absolute atomic E-state index is 11.4. The monoisotopic (exact) mass is 274 g/mol. The number of carbonyl (C=O) groups excluding carboxylic acids is 1. The minimum atomic E-state index is -0.591. The summed E-state index contributed by atoms with van der Waals surface area (Å²) in [5, 5.41) is 2.69. The average Bonchev–Trinajstić information content (AvgIpc) is 2.37. The predicted octanol–water partition coefficient (Wildman–Crippen LogP) is 0.577. The second kappa shape index (κ2) is 9.70. The van der Waals surface area contributed by atoms with Gasteiger partial charge in [0.1, 0.15) is 18.5 Å². The average molecular weight is 275 g/mol. The molecule has 18 heavy (non-hydrogen) atoms. The van der Waals surface area contributed by atoms with Crippen molar-refractivity contribution in [1.29, 1.82) is 0 Å². The van der Waals surface area contributed by atoms with Gasteiger partial charge in [-0.3, -0.25) is 4.79 Å². The number of carbonyl (C=O) groups is 1. The number of halogens is 1. The first-order chi connectivity index (χ1) is 8.27. The molecule has 0 spiro atoms. The molecule has 6 heteroatoms. The summed E-state index contributed by atoms with van der Waals surface area (Å²) in [6.07, 6.45) is -0.591. The fraction of sp³-hybridized carbons (Fsp3) is 0.417. The van der Waals surface area contributed by atoms with E-state index in [4.69, 9.17) is 15.2 Å². The molecule has 1 unspecified atom stereocenters. The third kappa shape index (κ3) is 5.86. The molecule has 0 aliphatic heterocycles. The van der Waals surface area contributed by atoms with Gasteiger partial charge in [0.05, 0.1) is 6.54 Å². The van der Waals surface area contributed by atoms with E-state index in [1.165, 1.54) is 7.11 Å². The van der Waals surface area contributed by atoms with Gasteiger partial charge in [-0.2, -0.15) is 0 Å². The van der Waals surface area contributed by atoms with Crippen LogP contribution in [0.25, 0.3) is 0 Å².